The highest BCUT2D eigenvalue weighted by Gasteiger charge is 2.32. The lowest BCUT2D eigenvalue weighted by molar-refractivity contribution is -0.121. The molecule has 0 bridgehead atoms. The van der Waals surface area contributed by atoms with E-state index >= 15 is 0 Å². The molecule has 0 radical (unpaired) electrons. The van der Waals surface area contributed by atoms with Gasteiger partial charge in [-0.15, -0.1) is 0 Å². The molecule has 0 spiro atoms. The summed E-state index contributed by atoms with van der Waals surface area (Å²) in [6.07, 6.45) is 3.86. The fraction of sp³-hybridized carbons (Fsp3) is 0.250. The molecule has 1 aromatic carbocycles. The molecule has 6 heteroatoms. The Kier molecular flexibility index (Phi) is 3.97. The molecule has 0 unspecified atom stereocenters. The monoisotopic (exact) mass is 331 g/mol. The highest BCUT2D eigenvalue weighted by atomic mass is 32.2. The van der Waals surface area contributed by atoms with E-state index in [0.29, 0.717) is 10.8 Å². The second-order valence-corrected chi connectivity index (χ2v) is 6.50. The summed E-state index contributed by atoms with van der Waals surface area (Å²) < 4.78 is 0. The van der Waals surface area contributed by atoms with E-state index in [-0.39, 0.29) is 5.91 Å². The summed E-state index contributed by atoms with van der Waals surface area (Å²) in [6, 6.07) is 8.33. The summed E-state index contributed by atoms with van der Waals surface area (Å²) in [5.41, 5.74) is 1.83. The van der Waals surface area contributed by atoms with Crippen LogP contribution >= 0.6 is 24.0 Å². The van der Waals surface area contributed by atoms with Gasteiger partial charge in [0.2, 0.25) is 0 Å². The number of thioether (sulfide) groups is 1. The summed E-state index contributed by atoms with van der Waals surface area (Å²) in [5.74, 6) is -0.0621. The van der Waals surface area contributed by atoms with Gasteiger partial charge in [-0.25, -0.2) is 0 Å². The zero-order chi connectivity index (χ0) is 15.9. The molecule has 0 aromatic heterocycles. The zero-order valence-electron chi connectivity index (χ0n) is 12.7. The molecule has 1 fully saturated rings. The summed E-state index contributed by atoms with van der Waals surface area (Å²) in [4.78, 5) is 18.9. The number of carbonyl (C=O) groups excluding carboxylic acids is 1. The van der Waals surface area contributed by atoms with Gasteiger partial charge in [0.1, 0.15) is 5.70 Å². The van der Waals surface area contributed by atoms with Gasteiger partial charge in [-0.05, 0) is 43.4 Å². The lowest BCUT2D eigenvalue weighted by atomic mass is 10.3. The number of nitrogens with zero attached hydrogens (tertiary/aromatic N) is 3. The summed E-state index contributed by atoms with van der Waals surface area (Å²) in [5, 5.41) is 1.65. The van der Waals surface area contributed by atoms with Gasteiger partial charge in [0.15, 0.2) is 5.11 Å². The minimum Gasteiger partial charge on any atom is -0.335 e. The first-order valence-corrected chi connectivity index (χ1v) is 8.29. The van der Waals surface area contributed by atoms with Crippen LogP contribution in [-0.4, -0.2) is 41.5 Å². The van der Waals surface area contributed by atoms with Gasteiger partial charge in [0.05, 0.1) is 10.7 Å². The molecule has 1 saturated heterocycles. The fourth-order valence-corrected chi connectivity index (χ4v) is 3.88. The van der Waals surface area contributed by atoms with Gasteiger partial charge in [-0.3, -0.25) is 9.69 Å². The third kappa shape index (κ3) is 2.32. The number of likely N-dealkylation sites (N-methyl/N-ethyl adjacent to an activating group) is 2. The van der Waals surface area contributed by atoms with Crippen molar-refractivity contribution in [3.05, 3.63) is 47.1 Å². The van der Waals surface area contributed by atoms with Crippen LogP contribution in [0, 0.1) is 0 Å². The second-order valence-electron chi connectivity index (χ2n) is 5.08. The van der Waals surface area contributed by atoms with Crippen molar-refractivity contribution >= 4 is 40.7 Å². The third-order valence-corrected chi connectivity index (χ3v) is 5.47. The average molecular weight is 331 g/mol. The molecule has 0 aliphatic carbocycles. The average Bonchev–Trinajstić information content (AvgIpc) is 2.97. The smallest absolute Gasteiger partial charge is 0.276 e. The molecule has 1 amide bonds. The predicted molar refractivity (Wildman–Crippen MR) is 94.6 cm³/mol. The van der Waals surface area contributed by atoms with Crippen LogP contribution in [0.5, 0.6) is 0 Å². The van der Waals surface area contributed by atoms with Crippen LogP contribution in [-0.2, 0) is 4.79 Å². The van der Waals surface area contributed by atoms with Crippen molar-refractivity contribution in [2.45, 2.75) is 11.8 Å². The Labute approximate surface area is 140 Å². The van der Waals surface area contributed by atoms with Crippen LogP contribution in [0.1, 0.15) is 6.92 Å². The van der Waals surface area contributed by atoms with Crippen molar-refractivity contribution in [3.63, 3.8) is 0 Å². The van der Waals surface area contributed by atoms with E-state index in [4.69, 9.17) is 12.2 Å². The number of anilines is 1. The molecule has 0 atom stereocenters. The highest BCUT2D eigenvalue weighted by molar-refractivity contribution is 8.03. The number of thiocarbonyl (C=S) groups is 1. The number of allylic oxidation sites excluding steroid dienone is 2. The number of rotatable bonds is 2. The van der Waals surface area contributed by atoms with E-state index in [1.807, 2.05) is 31.3 Å². The van der Waals surface area contributed by atoms with E-state index in [0.717, 1.165) is 11.6 Å². The van der Waals surface area contributed by atoms with Gasteiger partial charge < -0.3 is 9.80 Å². The van der Waals surface area contributed by atoms with Gasteiger partial charge in [0, 0.05) is 25.5 Å². The van der Waals surface area contributed by atoms with Crippen LogP contribution in [0.2, 0.25) is 0 Å². The maximum absolute atomic E-state index is 12.2. The van der Waals surface area contributed by atoms with Crippen molar-refractivity contribution < 1.29 is 4.79 Å². The molecule has 22 heavy (non-hydrogen) atoms. The van der Waals surface area contributed by atoms with Gasteiger partial charge in [0.25, 0.3) is 5.91 Å². The Hall–Kier alpha value is -1.79. The Morgan fingerprint density at radius 2 is 1.91 bits per heavy atom. The third-order valence-electron chi connectivity index (χ3n) is 3.80. The lowest BCUT2D eigenvalue weighted by Gasteiger charge is -2.17. The number of amides is 1. The van der Waals surface area contributed by atoms with Gasteiger partial charge in [-0.2, -0.15) is 0 Å². The van der Waals surface area contributed by atoms with E-state index in [1.54, 1.807) is 23.7 Å². The molecular formula is C16H17N3OS2. The number of hydrogen-bond donors (Lipinski definition) is 0. The standard InChI is InChI=1S/C16H17N3OS2/c1-4-19-11-7-5-6-8-13(11)22-14(19)10-9-12-15(20)18(3)16(21)17(12)2/h5-10H,4H2,1-3H3/b12-9-,14-10+. The summed E-state index contributed by atoms with van der Waals surface area (Å²) in [6.45, 7) is 3.01. The van der Waals surface area contributed by atoms with Crippen LogP contribution in [0.3, 0.4) is 0 Å². The van der Waals surface area contributed by atoms with Crippen LogP contribution in [0.25, 0.3) is 0 Å². The maximum atomic E-state index is 12.2. The first kappa shape index (κ1) is 15.1. The second kappa shape index (κ2) is 5.78. The molecule has 2 aliphatic heterocycles. The molecule has 1 aromatic rings. The molecule has 2 heterocycles. The molecule has 0 saturated carbocycles. The molecule has 4 nitrogen and oxygen atoms in total. The molecular weight excluding hydrogens is 314 g/mol. The highest BCUT2D eigenvalue weighted by Crippen LogP contribution is 2.45. The first-order valence-electron chi connectivity index (χ1n) is 7.06. The zero-order valence-corrected chi connectivity index (χ0v) is 14.4. The minimum absolute atomic E-state index is 0.0621. The molecule has 114 valence electrons. The van der Waals surface area contributed by atoms with E-state index in [9.17, 15) is 4.79 Å². The number of benzene rings is 1. The maximum Gasteiger partial charge on any atom is 0.276 e. The quantitative estimate of drug-likeness (QED) is 0.613. The van der Waals surface area contributed by atoms with Crippen LogP contribution < -0.4 is 4.90 Å². The first-order chi connectivity index (χ1) is 10.5. The molecule has 3 rings (SSSR count). The number of hydrogen-bond acceptors (Lipinski definition) is 4. The van der Waals surface area contributed by atoms with Crippen LogP contribution in [0.4, 0.5) is 5.69 Å². The Bertz CT molecular complexity index is 711. The summed E-state index contributed by atoms with van der Waals surface area (Å²) >= 11 is 6.95. The Morgan fingerprint density at radius 3 is 2.55 bits per heavy atom. The Balaban J connectivity index is 1.93. The number of para-hydroxylation sites is 1. The largest absolute Gasteiger partial charge is 0.335 e. The predicted octanol–water partition coefficient (Wildman–Crippen LogP) is 3.03. The summed E-state index contributed by atoms with van der Waals surface area (Å²) in [7, 11) is 3.52. The Morgan fingerprint density at radius 1 is 1.18 bits per heavy atom. The molecule has 2 aliphatic rings. The van der Waals surface area contributed by atoms with E-state index < -0.39 is 0 Å². The van der Waals surface area contributed by atoms with Crippen molar-refractivity contribution in [2.75, 3.05) is 25.5 Å². The van der Waals surface area contributed by atoms with Crippen LogP contribution in [0.15, 0.2) is 52.0 Å². The van der Waals surface area contributed by atoms with Crippen molar-refractivity contribution in [3.8, 4) is 0 Å². The van der Waals surface area contributed by atoms with Crippen molar-refractivity contribution in [1.29, 1.82) is 0 Å². The number of carbonyl (C=O) groups is 1. The van der Waals surface area contributed by atoms with E-state index in [2.05, 4.69) is 24.0 Å². The van der Waals surface area contributed by atoms with Crippen molar-refractivity contribution in [2.24, 2.45) is 0 Å². The number of fused-ring (bicyclic) bond motifs is 1. The minimum atomic E-state index is -0.0621. The normalized spacial score (nSPS) is 21.5. The van der Waals surface area contributed by atoms with Gasteiger partial charge >= 0.3 is 0 Å². The fourth-order valence-electron chi connectivity index (χ4n) is 2.57. The molecule has 0 N–H and O–H groups in total. The lowest BCUT2D eigenvalue weighted by Crippen LogP contribution is -2.26. The van der Waals surface area contributed by atoms with E-state index in [1.165, 1.54) is 15.5 Å². The van der Waals surface area contributed by atoms with Crippen molar-refractivity contribution in [1.82, 2.24) is 9.80 Å². The van der Waals surface area contributed by atoms with Gasteiger partial charge in [-0.1, -0.05) is 23.9 Å². The SMILES string of the molecule is CCN1/C(=C\C=C2\C(=O)N(C)C(=S)N2C)Sc2ccccc21. The topological polar surface area (TPSA) is 26.8 Å².